The average molecular weight is 177 g/mol. The molecule has 0 N–H and O–H groups in total. The summed E-state index contributed by atoms with van der Waals surface area (Å²) < 4.78 is 21.9. The summed E-state index contributed by atoms with van der Waals surface area (Å²) in [6.07, 6.45) is 0. The molecule has 30 valence electrons. The molecule has 0 radical (unpaired) electrons. The Balaban J connectivity index is 0. The second-order valence-corrected chi connectivity index (χ2v) is 2.72. The third-order valence-electron chi connectivity index (χ3n) is 0.0745. The van der Waals surface area contributed by atoms with Crippen LogP contribution in [0.3, 0.4) is 0 Å². The molecule has 0 saturated carbocycles. The van der Waals surface area contributed by atoms with Crippen molar-refractivity contribution >= 4 is 27.9 Å². The molecule has 0 spiro atoms. The van der Waals surface area contributed by atoms with Crippen LogP contribution in [0.15, 0.2) is 0 Å². The Morgan fingerprint density at radius 2 is 2.00 bits per heavy atom. The van der Waals surface area contributed by atoms with Gasteiger partial charge < -0.3 is 0 Å². The summed E-state index contributed by atoms with van der Waals surface area (Å²) >= 11 is -0.528. The first-order valence-electron chi connectivity index (χ1n) is 0.795. The molecular weight excluding hydrogens is 176 g/mol. The van der Waals surface area contributed by atoms with E-state index in [0.29, 0.717) is 0 Å². The van der Waals surface area contributed by atoms with Crippen molar-refractivity contribution in [2.75, 3.05) is 0 Å². The Bertz CT molecular complexity index is 46.1. The van der Waals surface area contributed by atoms with E-state index in [1.165, 1.54) is 0 Å². The van der Waals surface area contributed by atoms with Crippen molar-refractivity contribution in [2.45, 2.75) is 0 Å². The molecule has 6 heavy (non-hydrogen) atoms. The van der Waals surface area contributed by atoms with E-state index < -0.39 is 15.0 Å². The van der Waals surface area contributed by atoms with Gasteiger partial charge in [-0.2, -0.15) is 0 Å². The van der Waals surface area contributed by atoms with Crippen LogP contribution in [0.25, 0.3) is 0 Å². The van der Waals surface area contributed by atoms with Crippen LogP contribution in [-0.4, -0.2) is 15.0 Å². The molecule has 0 aliphatic heterocycles. The molecule has 0 heterocycles. The summed E-state index contributed by atoms with van der Waals surface area (Å²) in [5, 5.41) is 0. The predicted molar refractivity (Wildman–Crippen MR) is 16.5 cm³/mol. The SMILES string of the molecule is [Na+].[O]=[Ge]([O-])[O]S. The first-order valence-corrected chi connectivity index (χ1v) is 3.73. The van der Waals surface area contributed by atoms with Gasteiger partial charge in [0, 0.05) is 0 Å². The van der Waals surface area contributed by atoms with E-state index in [0.717, 1.165) is 0 Å². The first-order chi connectivity index (χ1) is 2.27. The minimum absolute atomic E-state index is 0. The van der Waals surface area contributed by atoms with Crippen molar-refractivity contribution in [3.05, 3.63) is 0 Å². The van der Waals surface area contributed by atoms with Gasteiger partial charge in [0.1, 0.15) is 0 Å². The molecule has 0 aliphatic rings. The molecule has 3 nitrogen and oxygen atoms in total. The van der Waals surface area contributed by atoms with E-state index in [1.54, 1.807) is 0 Å². The predicted octanol–water partition coefficient (Wildman–Crippen LogP) is -4.37. The third kappa shape index (κ3) is 9.00. The van der Waals surface area contributed by atoms with Gasteiger partial charge in [-0.25, -0.2) is 0 Å². The molecule has 0 fully saturated rings. The zero-order chi connectivity index (χ0) is 4.28. The average Bonchev–Trinajstić information content (AvgIpc) is 1.38. The molecule has 0 aromatic heterocycles. The van der Waals surface area contributed by atoms with Crippen LogP contribution in [0.2, 0.25) is 0 Å². The topological polar surface area (TPSA) is 49.4 Å². The van der Waals surface area contributed by atoms with E-state index in [9.17, 15) is 7.91 Å². The zero-order valence-electron chi connectivity index (χ0n) is 3.17. The van der Waals surface area contributed by atoms with Crippen LogP contribution in [0.5, 0.6) is 0 Å². The van der Waals surface area contributed by atoms with Crippen LogP contribution in [-0.2, 0) is 6.99 Å². The fraction of sp³-hybridized carbons (Fsp3) is 0. The summed E-state index contributed by atoms with van der Waals surface area (Å²) in [6, 6.07) is 0. The van der Waals surface area contributed by atoms with Gasteiger partial charge >= 0.3 is 68.5 Å². The molecule has 0 aromatic carbocycles. The van der Waals surface area contributed by atoms with Crippen LogP contribution in [0.1, 0.15) is 0 Å². The summed E-state index contributed by atoms with van der Waals surface area (Å²) in [5.74, 6) is 0. The fourth-order valence-electron chi connectivity index (χ4n) is 0. The molecule has 0 rings (SSSR count). The summed E-state index contributed by atoms with van der Waals surface area (Å²) in [5.41, 5.74) is 0. The quantitative estimate of drug-likeness (QED) is 0.250. The molecule has 6 heteroatoms. The van der Waals surface area contributed by atoms with Crippen LogP contribution in [0, 0.1) is 0 Å². The number of rotatable bonds is 1. The van der Waals surface area contributed by atoms with Gasteiger partial charge in [-0.05, 0) is 0 Å². The first kappa shape index (κ1) is 10.3. The summed E-state index contributed by atoms with van der Waals surface area (Å²) in [6.45, 7) is 0. The van der Waals surface area contributed by atoms with Crippen LogP contribution >= 0.6 is 12.9 Å². The second kappa shape index (κ2) is 6.29. The van der Waals surface area contributed by atoms with E-state index in [4.69, 9.17) is 0 Å². The molecular formula is HGeNaO3S. The fourth-order valence-corrected chi connectivity index (χ4v) is 0. The molecule has 0 atom stereocenters. The summed E-state index contributed by atoms with van der Waals surface area (Å²) in [4.78, 5) is 0. The number of hydrogen-bond donors (Lipinski definition) is 1. The zero-order valence-corrected chi connectivity index (χ0v) is 8.16. The molecule has 0 saturated heterocycles. The van der Waals surface area contributed by atoms with Crippen molar-refractivity contribution < 1.29 is 40.7 Å². The maximum atomic E-state index is 9.21. The van der Waals surface area contributed by atoms with Crippen molar-refractivity contribution in [3.8, 4) is 0 Å². The van der Waals surface area contributed by atoms with Crippen LogP contribution in [0.4, 0.5) is 0 Å². The Morgan fingerprint density at radius 1 is 1.83 bits per heavy atom. The minimum atomic E-state index is -3.49. The number of hydrogen-bond acceptors (Lipinski definition) is 4. The molecule has 0 aliphatic carbocycles. The van der Waals surface area contributed by atoms with E-state index in [-0.39, 0.29) is 29.6 Å². The van der Waals surface area contributed by atoms with Gasteiger partial charge in [0.2, 0.25) is 0 Å². The van der Waals surface area contributed by atoms with E-state index in [2.05, 4.69) is 16.1 Å². The Morgan fingerprint density at radius 3 is 2.00 bits per heavy atom. The molecule has 0 unspecified atom stereocenters. The normalized spacial score (nSPS) is 5.50. The maximum absolute atomic E-state index is 9.21. The van der Waals surface area contributed by atoms with Crippen molar-refractivity contribution in [1.82, 2.24) is 0 Å². The van der Waals surface area contributed by atoms with Crippen molar-refractivity contribution in [2.24, 2.45) is 0 Å². The molecule has 0 aromatic rings. The standard InChI is InChI=1S/GeHO3S.Na/c2-1(3)4-5;/h5H;/q-1;+1. The number of thiol groups is 1. The second-order valence-electron chi connectivity index (χ2n) is 0.341. The van der Waals surface area contributed by atoms with Gasteiger partial charge in [-0.15, -0.1) is 0 Å². The summed E-state index contributed by atoms with van der Waals surface area (Å²) in [7, 11) is 0. The van der Waals surface area contributed by atoms with Crippen molar-refractivity contribution in [3.63, 3.8) is 0 Å². The Hall–Kier alpha value is 1.29. The third-order valence-corrected chi connectivity index (χ3v) is 1.16. The van der Waals surface area contributed by atoms with Gasteiger partial charge in [-0.3, -0.25) is 0 Å². The van der Waals surface area contributed by atoms with Gasteiger partial charge in [0.05, 0.1) is 0 Å². The monoisotopic (exact) mass is 178 g/mol. The van der Waals surface area contributed by atoms with Gasteiger partial charge in [0.15, 0.2) is 0 Å². The van der Waals surface area contributed by atoms with E-state index >= 15 is 0 Å². The Labute approximate surface area is 68.0 Å². The van der Waals surface area contributed by atoms with Crippen LogP contribution < -0.4 is 33.7 Å². The van der Waals surface area contributed by atoms with Crippen molar-refractivity contribution in [1.29, 1.82) is 0 Å². The van der Waals surface area contributed by atoms with E-state index in [1.807, 2.05) is 0 Å². The molecule has 0 amide bonds. The van der Waals surface area contributed by atoms with Gasteiger partial charge in [-0.1, -0.05) is 0 Å². The van der Waals surface area contributed by atoms with Gasteiger partial charge in [0.25, 0.3) is 0 Å². The molecule has 0 bridgehead atoms. The Kier molecular flexibility index (Phi) is 10.8.